The first-order chi connectivity index (χ1) is 6.69. The minimum absolute atomic E-state index is 0. The van der Waals surface area contributed by atoms with E-state index in [9.17, 15) is 0 Å². The van der Waals surface area contributed by atoms with Crippen LogP contribution in [-0.2, 0) is 21.1 Å². The number of nitrogens with two attached hydrogens (primary N) is 1. The molecule has 0 aromatic heterocycles. The summed E-state index contributed by atoms with van der Waals surface area (Å²) in [7, 11) is 1.78. The van der Waals surface area contributed by atoms with Gasteiger partial charge in [-0.25, -0.2) is 0 Å². The van der Waals surface area contributed by atoms with E-state index in [1.165, 1.54) is 0 Å². The molecular weight excluding hydrogens is 362 g/mol. The van der Waals surface area contributed by atoms with Crippen molar-refractivity contribution in [1.29, 1.82) is 5.41 Å². The number of guanidine groups is 1. The van der Waals surface area contributed by atoms with E-state index in [1.54, 1.807) is 7.05 Å². The summed E-state index contributed by atoms with van der Waals surface area (Å²) in [5.74, 6) is 1.20. The Hall–Kier alpha value is -0.572. The fourth-order valence-electron chi connectivity index (χ4n) is 1.60. The number of rotatable bonds is 4. The van der Waals surface area contributed by atoms with E-state index in [0.29, 0.717) is 6.42 Å². The minimum Gasteiger partial charge on any atom is -0.388 e. The summed E-state index contributed by atoms with van der Waals surface area (Å²) in [6.07, 6.45) is 0.601. The van der Waals surface area contributed by atoms with Crippen molar-refractivity contribution in [2.45, 2.75) is 6.42 Å². The molecule has 6 heteroatoms. The van der Waals surface area contributed by atoms with Crippen LogP contribution in [0, 0.1) is 12.3 Å². The van der Waals surface area contributed by atoms with Crippen LogP contribution in [0.4, 0.5) is 0 Å². The Labute approximate surface area is 105 Å². The Kier molecular flexibility index (Phi) is 6.57. The molecule has 0 aromatic carbocycles. The van der Waals surface area contributed by atoms with Crippen molar-refractivity contribution in [3.8, 4) is 0 Å². The third kappa shape index (κ3) is 3.82. The van der Waals surface area contributed by atoms with Crippen molar-refractivity contribution in [2.24, 2.45) is 10.7 Å². The number of nitrogens with one attached hydrogen (secondary N) is 1. The number of nitrogens with zero attached hydrogens (tertiary/aromatic N) is 3. The van der Waals surface area contributed by atoms with Gasteiger partial charge in [0.1, 0.15) is 0 Å². The maximum atomic E-state index is 7.16. The van der Waals surface area contributed by atoms with Crippen LogP contribution in [0.3, 0.4) is 0 Å². The van der Waals surface area contributed by atoms with Gasteiger partial charge in [0.25, 0.3) is 0 Å². The second kappa shape index (κ2) is 6.83. The van der Waals surface area contributed by atoms with Crippen molar-refractivity contribution in [3.05, 3.63) is 6.92 Å². The van der Waals surface area contributed by atoms with Gasteiger partial charge in [-0.1, -0.05) is 0 Å². The third-order valence-corrected chi connectivity index (χ3v) is 2.33. The number of hydrogen-bond donors (Lipinski definition) is 2. The van der Waals surface area contributed by atoms with E-state index in [2.05, 4.69) is 21.7 Å². The fourth-order valence-corrected chi connectivity index (χ4v) is 1.60. The molecule has 0 aliphatic carbocycles. The third-order valence-electron chi connectivity index (χ3n) is 2.33. The van der Waals surface area contributed by atoms with Gasteiger partial charge in [-0.15, -0.1) is 6.54 Å². The summed E-state index contributed by atoms with van der Waals surface area (Å²) in [5.41, 5.74) is 5.32. The standard InChI is InChI=1S/C9H18N5.W/c1-3-13-6-7-14(9(13)12-2)5-4-8(10)11;/h1,3-7H2,2H3,(H3,10,11);/q-1;. The molecule has 1 heterocycles. The predicted octanol–water partition coefficient (Wildman–Crippen LogP) is -0.253. The molecule has 0 spiro atoms. The molecule has 0 saturated carbocycles. The van der Waals surface area contributed by atoms with Crippen LogP contribution >= 0.6 is 0 Å². The molecule has 1 rings (SSSR count). The summed E-state index contributed by atoms with van der Waals surface area (Å²) < 4.78 is 0. The van der Waals surface area contributed by atoms with Crippen LogP contribution < -0.4 is 5.73 Å². The van der Waals surface area contributed by atoms with Gasteiger partial charge in [0.15, 0.2) is 5.96 Å². The quantitative estimate of drug-likeness (QED) is 0.402. The molecule has 0 aromatic rings. The Morgan fingerprint density at radius 1 is 1.53 bits per heavy atom. The molecule has 1 aliphatic heterocycles. The Morgan fingerprint density at radius 3 is 2.60 bits per heavy atom. The molecule has 15 heavy (non-hydrogen) atoms. The van der Waals surface area contributed by atoms with E-state index in [-0.39, 0.29) is 26.9 Å². The summed E-state index contributed by atoms with van der Waals surface area (Å²) in [6, 6.07) is 0. The molecule has 0 amide bonds. The van der Waals surface area contributed by atoms with E-state index in [4.69, 9.17) is 11.1 Å². The van der Waals surface area contributed by atoms with Crippen molar-refractivity contribution in [2.75, 3.05) is 33.2 Å². The molecule has 0 radical (unpaired) electrons. The zero-order valence-corrected chi connectivity index (χ0v) is 12.0. The molecule has 0 unspecified atom stereocenters. The molecule has 0 bridgehead atoms. The maximum Gasteiger partial charge on any atom is 0.193 e. The molecule has 86 valence electrons. The first kappa shape index (κ1) is 14.4. The van der Waals surface area contributed by atoms with Crippen LogP contribution in [0.1, 0.15) is 6.42 Å². The monoisotopic (exact) mass is 380 g/mol. The SMILES string of the molecule is [CH2-]CN1CCN(CCC(=N)N)C1=NC.[W]. The first-order valence-electron chi connectivity index (χ1n) is 4.78. The number of aliphatic imine (C=N–C) groups is 1. The van der Waals surface area contributed by atoms with Crippen molar-refractivity contribution < 1.29 is 21.1 Å². The average Bonchev–Trinajstić information content (AvgIpc) is 2.56. The van der Waals surface area contributed by atoms with Crippen LogP contribution in [0.5, 0.6) is 0 Å². The van der Waals surface area contributed by atoms with Crippen molar-refractivity contribution >= 4 is 11.8 Å². The normalized spacial score (nSPS) is 18.1. The Balaban J connectivity index is 0.00000196. The van der Waals surface area contributed by atoms with Crippen LogP contribution in [0.2, 0.25) is 0 Å². The van der Waals surface area contributed by atoms with Gasteiger partial charge in [0, 0.05) is 54.2 Å². The van der Waals surface area contributed by atoms with Crippen molar-refractivity contribution in [3.63, 3.8) is 0 Å². The Bertz CT molecular complexity index is 241. The number of hydrogen-bond acceptors (Lipinski definition) is 2. The summed E-state index contributed by atoms with van der Waals surface area (Å²) >= 11 is 0. The molecule has 5 nitrogen and oxygen atoms in total. The van der Waals surface area contributed by atoms with E-state index < -0.39 is 0 Å². The van der Waals surface area contributed by atoms with E-state index in [0.717, 1.165) is 32.1 Å². The molecule has 0 atom stereocenters. The summed E-state index contributed by atoms with van der Waals surface area (Å²) in [6.45, 7) is 7.28. The zero-order chi connectivity index (χ0) is 10.6. The minimum atomic E-state index is 0. The van der Waals surface area contributed by atoms with Gasteiger partial charge < -0.3 is 22.5 Å². The molecule has 1 saturated heterocycles. The first-order valence-corrected chi connectivity index (χ1v) is 4.78. The number of amidine groups is 1. The molecule has 1 aliphatic rings. The van der Waals surface area contributed by atoms with Gasteiger partial charge in [-0.05, 0) is 0 Å². The van der Waals surface area contributed by atoms with Crippen LogP contribution in [0.25, 0.3) is 0 Å². The maximum absolute atomic E-state index is 7.16. The molecular formula is C9H18N5W-. The second-order valence-electron chi connectivity index (χ2n) is 3.27. The van der Waals surface area contributed by atoms with E-state index in [1.807, 2.05) is 0 Å². The molecule has 3 N–H and O–H groups in total. The average molecular weight is 380 g/mol. The summed E-state index contributed by atoms with van der Waals surface area (Å²) in [5, 5.41) is 7.16. The smallest absolute Gasteiger partial charge is 0.193 e. The van der Waals surface area contributed by atoms with Gasteiger partial charge >= 0.3 is 0 Å². The molecule has 1 fully saturated rings. The topological polar surface area (TPSA) is 68.7 Å². The van der Waals surface area contributed by atoms with Gasteiger partial charge in [0.2, 0.25) is 0 Å². The largest absolute Gasteiger partial charge is 0.388 e. The van der Waals surface area contributed by atoms with E-state index >= 15 is 0 Å². The van der Waals surface area contributed by atoms with Crippen molar-refractivity contribution in [1.82, 2.24) is 9.80 Å². The Morgan fingerprint density at radius 2 is 2.13 bits per heavy atom. The fraction of sp³-hybridized carbons (Fsp3) is 0.667. The van der Waals surface area contributed by atoms with Crippen LogP contribution in [-0.4, -0.2) is 54.8 Å². The summed E-state index contributed by atoms with van der Waals surface area (Å²) in [4.78, 5) is 8.49. The second-order valence-corrected chi connectivity index (χ2v) is 3.27. The van der Waals surface area contributed by atoms with Crippen LogP contribution in [0.15, 0.2) is 4.99 Å². The van der Waals surface area contributed by atoms with Gasteiger partial charge in [-0.2, -0.15) is 0 Å². The van der Waals surface area contributed by atoms with Gasteiger partial charge in [-0.3, -0.25) is 10.4 Å². The predicted molar refractivity (Wildman–Crippen MR) is 58.4 cm³/mol. The van der Waals surface area contributed by atoms with Gasteiger partial charge in [0.05, 0.1) is 5.84 Å². The zero-order valence-electron chi connectivity index (χ0n) is 9.07.